The topological polar surface area (TPSA) is 74.1 Å². The summed E-state index contributed by atoms with van der Waals surface area (Å²) in [5, 5.41) is 9.73. The molecule has 2 heterocycles. The first kappa shape index (κ1) is 25.2. The van der Waals surface area contributed by atoms with Crippen molar-refractivity contribution in [3.05, 3.63) is 99.8 Å². The molecule has 3 aromatic rings. The van der Waals surface area contributed by atoms with Crippen LogP contribution < -0.4 is 5.32 Å². The maximum atomic E-state index is 13.5. The predicted molar refractivity (Wildman–Crippen MR) is 147 cm³/mol. The molecule has 0 bridgehead atoms. The lowest BCUT2D eigenvalue weighted by molar-refractivity contribution is -0.121. The Hall–Kier alpha value is -3.49. The molecule has 0 fully saturated rings. The van der Waals surface area contributed by atoms with Crippen molar-refractivity contribution in [2.24, 2.45) is 10.1 Å². The zero-order valence-corrected chi connectivity index (χ0v) is 21.8. The number of benzene rings is 3. The number of aryl methyl sites for hydroxylation is 2. The van der Waals surface area contributed by atoms with Crippen LogP contribution in [-0.4, -0.2) is 33.0 Å². The quantitative estimate of drug-likeness (QED) is 0.418. The van der Waals surface area contributed by atoms with Gasteiger partial charge in [0.05, 0.1) is 11.8 Å². The second-order valence-electron chi connectivity index (χ2n) is 9.06. The molecular weight excluding hydrogens is 511 g/mol. The normalized spacial score (nSPS) is 19.1. The average Bonchev–Trinajstić information content (AvgIpc) is 3.46. The Morgan fingerprint density at radius 3 is 2.62 bits per heavy atom. The number of thioether (sulfide) groups is 1. The van der Waals surface area contributed by atoms with E-state index in [9.17, 15) is 14.0 Å². The second-order valence-corrected chi connectivity index (χ2v) is 10.7. The summed E-state index contributed by atoms with van der Waals surface area (Å²) in [5.41, 5.74) is 5.36. The number of hydrogen-bond donors (Lipinski definition) is 1. The number of rotatable bonds is 5. The largest absolute Gasteiger partial charge is 0.326 e. The van der Waals surface area contributed by atoms with Gasteiger partial charge in [0.1, 0.15) is 11.1 Å². The molecule has 3 aromatic carbocycles. The molecule has 5 rings (SSSR count). The minimum Gasteiger partial charge on any atom is -0.326 e. The number of amides is 2. The molecule has 2 amide bonds. The fraction of sp³-hybridized carbons (Fsp3) is 0.214. The Balaban J connectivity index is 1.35. The smallest absolute Gasteiger partial charge is 0.262 e. The van der Waals surface area contributed by atoms with E-state index >= 15 is 0 Å². The van der Waals surface area contributed by atoms with Crippen LogP contribution in [0.5, 0.6) is 0 Å². The molecule has 2 aliphatic heterocycles. The highest BCUT2D eigenvalue weighted by Gasteiger charge is 2.39. The van der Waals surface area contributed by atoms with Crippen molar-refractivity contribution < 1.29 is 14.0 Å². The standard InChI is InChI=1S/C28H24ClFN4O2S/c1-16-6-11-22(12-17(16)2)31-26(35)15-25-27(36)32-28(37-25)34-24(19-4-3-5-20(29)13-19)14-23(33-34)18-7-9-21(30)10-8-18/h3-13,24-25H,14-15H2,1-2H3,(H,31,35)/t24-,25-/m0/s1. The fourth-order valence-electron chi connectivity index (χ4n) is 4.28. The van der Waals surface area contributed by atoms with Crippen molar-refractivity contribution in [1.29, 1.82) is 0 Å². The first-order chi connectivity index (χ1) is 17.8. The number of nitrogens with one attached hydrogen (secondary N) is 1. The second kappa shape index (κ2) is 10.5. The fourth-order valence-corrected chi connectivity index (χ4v) is 5.54. The van der Waals surface area contributed by atoms with Crippen molar-refractivity contribution in [2.75, 3.05) is 5.32 Å². The van der Waals surface area contributed by atoms with Crippen molar-refractivity contribution in [1.82, 2.24) is 5.01 Å². The Morgan fingerprint density at radius 2 is 1.89 bits per heavy atom. The summed E-state index contributed by atoms with van der Waals surface area (Å²) in [4.78, 5) is 29.8. The van der Waals surface area contributed by atoms with Crippen molar-refractivity contribution in [2.45, 2.75) is 38.0 Å². The van der Waals surface area contributed by atoms with E-state index < -0.39 is 5.25 Å². The first-order valence-corrected chi connectivity index (χ1v) is 13.1. The van der Waals surface area contributed by atoms with Gasteiger partial charge < -0.3 is 5.32 Å². The Labute approximate surface area is 223 Å². The lowest BCUT2D eigenvalue weighted by atomic mass is 9.98. The van der Waals surface area contributed by atoms with Crippen LogP contribution in [0.2, 0.25) is 5.02 Å². The summed E-state index contributed by atoms with van der Waals surface area (Å²) in [6, 6.07) is 19.1. The third-order valence-corrected chi connectivity index (χ3v) is 7.78. The van der Waals surface area contributed by atoms with Crippen LogP contribution in [0.3, 0.4) is 0 Å². The Bertz CT molecular complexity index is 1440. The lowest BCUT2D eigenvalue weighted by Crippen LogP contribution is -2.25. The van der Waals surface area contributed by atoms with Gasteiger partial charge in [-0.2, -0.15) is 10.1 Å². The number of halogens is 2. The van der Waals surface area contributed by atoms with Crippen molar-refractivity contribution >= 4 is 51.7 Å². The van der Waals surface area contributed by atoms with Crippen LogP contribution in [0.15, 0.2) is 76.8 Å². The summed E-state index contributed by atoms with van der Waals surface area (Å²) in [5.74, 6) is -0.951. The van der Waals surface area contributed by atoms with E-state index in [4.69, 9.17) is 16.7 Å². The summed E-state index contributed by atoms with van der Waals surface area (Å²) >= 11 is 7.49. The van der Waals surface area contributed by atoms with Crippen LogP contribution in [0.1, 0.15) is 41.1 Å². The van der Waals surface area contributed by atoms with Crippen LogP contribution in [0.4, 0.5) is 10.1 Å². The predicted octanol–water partition coefficient (Wildman–Crippen LogP) is 6.27. The van der Waals surface area contributed by atoms with Gasteiger partial charge in [0.15, 0.2) is 5.17 Å². The van der Waals surface area contributed by atoms with Gasteiger partial charge >= 0.3 is 0 Å². The van der Waals surface area contributed by atoms with E-state index in [1.165, 1.54) is 23.9 Å². The average molecular weight is 535 g/mol. The van der Waals surface area contributed by atoms with E-state index in [-0.39, 0.29) is 30.1 Å². The van der Waals surface area contributed by atoms with Crippen LogP contribution in [0.25, 0.3) is 0 Å². The highest BCUT2D eigenvalue weighted by Crippen LogP contribution is 2.39. The van der Waals surface area contributed by atoms with E-state index in [1.54, 1.807) is 23.2 Å². The molecule has 0 saturated heterocycles. The third kappa shape index (κ3) is 5.60. The number of aliphatic imine (C=N–C) groups is 1. The van der Waals surface area contributed by atoms with Gasteiger partial charge in [-0.1, -0.05) is 53.7 Å². The molecule has 2 atom stereocenters. The SMILES string of the molecule is Cc1ccc(NC(=O)C[C@@H]2SC(N3N=C(c4ccc(F)cc4)C[C@H]3c3cccc(Cl)c3)=NC2=O)cc1C. The molecule has 0 aliphatic carbocycles. The molecule has 2 aliphatic rings. The number of hydrazone groups is 1. The van der Waals surface area contributed by atoms with E-state index in [0.29, 0.717) is 22.3 Å². The molecule has 188 valence electrons. The Kier molecular flexibility index (Phi) is 7.13. The number of amidine groups is 1. The molecule has 0 unspecified atom stereocenters. The maximum absolute atomic E-state index is 13.5. The third-order valence-electron chi connectivity index (χ3n) is 6.41. The van der Waals surface area contributed by atoms with Gasteiger partial charge in [-0.05, 0) is 72.5 Å². The van der Waals surface area contributed by atoms with E-state index in [1.807, 2.05) is 50.2 Å². The van der Waals surface area contributed by atoms with Gasteiger partial charge in [-0.15, -0.1) is 0 Å². The van der Waals surface area contributed by atoms with Gasteiger partial charge in [0.25, 0.3) is 5.91 Å². The van der Waals surface area contributed by atoms with Crippen LogP contribution >= 0.6 is 23.4 Å². The number of carbonyl (C=O) groups is 2. The van der Waals surface area contributed by atoms with Gasteiger partial charge in [0, 0.05) is 23.6 Å². The minimum absolute atomic E-state index is 0.00632. The summed E-state index contributed by atoms with van der Waals surface area (Å²) < 4.78 is 13.5. The molecule has 0 saturated carbocycles. The van der Waals surface area contributed by atoms with E-state index in [0.717, 1.165) is 28.0 Å². The van der Waals surface area contributed by atoms with Crippen molar-refractivity contribution in [3.63, 3.8) is 0 Å². The number of hydrogen-bond acceptors (Lipinski definition) is 5. The molecule has 0 radical (unpaired) electrons. The van der Waals surface area contributed by atoms with Crippen LogP contribution in [0, 0.1) is 19.7 Å². The summed E-state index contributed by atoms with van der Waals surface area (Å²) in [6.45, 7) is 3.99. The number of carbonyl (C=O) groups excluding carboxylic acids is 2. The molecule has 9 heteroatoms. The summed E-state index contributed by atoms with van der Waals surface area (Å²) in [7, 11) is 0. The lowest BCUT2D eigenvalue weighted by Gasteiger charge is -2.23. The van der Waals surface area contributed by atoms with Crippen LogP contribution in [-0.2, 0) is 9.59 Å². The molecule has 0 spiro atoms. The number of nitrogens with zero attached hydrogens (tertiary/aromatic N) is 3. The highest BCUT2D eigenvalue weighted by atomic mass is 35.5. The molecule has 1 N–H and O–H groups in total. The highest BCUT2D eigenvalue weighted by molar-refractivity contribution is 8.15. The van der Waals surface area contributed by atoms with Gasteiger partial charge in [-0.25, -0.2) is 9.40 Å². The van der Waals surface area contributed by atoms with Gasteiger partial charge in [-0.3, -0.25) is 9.59 Å². The summed E-state index contributed by atoms with van der Waals surface area (Å²) in [6.07, 6.45) is 0.519. The molecule has 6 nitrogen and oxygen atoms in total. The zero-order chi connectivity index (χ0) is 26.1. The Morgan fingerprint density at radius 1 is 1.11 bits per heavy atom. The minimum atomic E-state index is -0.647. The molecular formula is C28H24ClFN4O2S. The monoisotopic (exact) mass is 534 g/mol. The zero-order valence-electron chi connectivity index (χ0n) is 20.2. The maximum Gasteiger partial charge on any atom is 0.262 e. The van der Waals surface area contributed by atoms with E-state index in [2.05, 4.69) is 10.3 Å². The number of anilines is 1. The first-order valence-electron chi connectivity index (χ1n) is 11.8. The molecule has 0 aromatic heterocycles. The van der Waals surface area contributed by atoms with Crippen molar-refractivity contribution in [3.8, 4) is 0 Å². The molecule has 37 heavy (non-hydrogen) atoms. The van der Waals surface area contributed by atoms with Gasteiger partial charge in [0.2, 0.25) is 5.91 Å².